The van der Waals surface area contributed by atoms with Crippen molar-refractivity contribution in [3.63, 3.8) is 0 Å². The fourth-order valence-electron chi connectivity index (χ4n) is 2.52. The summed E-state index contributed by atoms with van der Waals surface area (Å²) in [5.74, 6) is 1.04. The molecule has 1 amide bonds. The number of thioether (sulfide) groups is 1. The molecule has 1 aromatic carbocycles. The molecule has 0 bridgehead atoms. The molecule has 26 heavy (non-hydrogen) atoms. The Kier molecular flexibility index (Phi) is 4.37. The molecule has 0 saturated carbocycles. The Morgan fingerprint density at radius 1 is 1.15 bits per heavy atom. The van der Waals surface area contributed by atoms with Crippen molar-refractivity contribution >= 4 is 45.6 Å². The molecule has 1 saturated heterocycles. The molecular formula is C19H14N4O2S. The Bertz CT molecular complexity index is 1050. The molecule has 1 aliphatic heterocycles. The number of para-hydroxylation sites is 1. The summed E-state index contributed by atoms with van der Waals surface area (Å²) in [5, 5.41) is 4.22. The maximum Gasteiger partial charge on any atom is 0.264 e. The number of rotatable bonds is 3. The summed E-state index contributed by atoms with van der Waals surface area (Å²) in [7, 11) is 1.61. The summed E-state index contributed by atoms with van der Waals surface area (Å²) in [6.45, 7) is 0. The number of nitrogens with one attached hydrogen (secondary N) is 1. The number of aromatic nitrogens is 2. The van der Waals surface area contributed by atoms with Crippen LogP contribution in [-0.4, -0.2) is 28.2 Å². The first-order chi connectivity index (χ1) is 12.7. The van der Waals surface area contributed by atoms with Crippen LogP contribution in [0.4, 0.5) is 5.82 Å². The molecule has 0 unspecified atom stereocenters. The van der Waals surface area contributed by atoms with Gasteiger partial charge in [0.1, 0.15) is 11.3 Å². The van der Waals surface area contributed by atoms with Crippen molar-refractivity contribution < 1.29 is 9.53 Å². The Morgan fingerprint density at radius 3 is 2.88 bits per heavy atom. The number of methoxy groups -OCH3 is 1. The maximum absolute atomic E-state index is 12.2. The fourth-order valence-corrected chi connectivity index (χ4v) is 3.33. The minimum Gasteiger partial charge on any atom is -0.494 e. The monoisotopic (exact) mass is 362 g/mol. The number of fused-ring (bicyclic) bond motifs is 1. The number of carbonyl (C=O) groups excluding carboxylic acids is 1. The van der Waals surface area contributed by atoms with Crippen molar-refractivity contribution in [1.82, 2.24) is 15.3 Å². The Hall–Kier alpha value is -3.19. The second kappa shape index (κ2) is 6.97. The predicted molar refractivity (Wildman–Crippen MR) is 103 cm³/mol. The van der Waals surface area contributed by atoms with Crippen LogP contribution in [0.15, 0.2) is 64.6 Å². The number of ether oxygens (including phenoxy) is 1. The molecule has 1 fully saturated rings. The van der Waals surface area contributed by atoms with E-state index in [-0.39, 0.29) is 5.91 Å². The van der Waals surface area contributed by atoms with E-state index in [1.807, 2.05) is 42.5 Å². The lowest BCUT2D eigenvalue weighted by Gasteiger charge is -2.05. The van der Waals surface area contributed by atoms with E-state index in [4.69, 9.17) is 4.74 Å². The smallest absolute Gasteiger partial charge is 0.264 e. The molecular weight excluding hydrogens is 348 g/mol. The lowest BCUT2D eigenvalue weighted by Crippen LogP contribution is -2.19. The molecule has 128 valence electrons. The molecule has 3 heterocycles. The first kappa shape index (κ1) is 16.3. The molecule has 3 aromatic rings. The minimum absolute atomic E-state index is 0.202. The highest BCUT2D eigenvalue weighted by Gasteiger charge is 2.24. The van der Waals surface area contributed by atoms with Gasteiger partial charge in [0, 0.05) is 11.6 Å². The number of nitrogens with zero attached hydrogens (tertiary/aromatic N) is 3. The minimum atomic E-state index is -0.202. The van der Waals surface area contributed by atoms with Gasteiger partial charge in [0.25, 0.3) is 5.91 Å². The van der Waals surface area contributed by atoms with Crippen LogP contribution in [0.2, 0.25) is 0 Å². The summed E-state index contributed by atoms with van der Waals surface area (Å²) < 4.78 is 5.36. The SMILES string of the molecule is COc1cccc2ccc(/C=C3\S/C(=N/c4ccccn4)NC3=O)nc12. The molecule has 4 rings (SSSR count). The van der Waals surface area contributed by atoms with Crippen LogP contribution >= 0.6 is 11.8 Å². The van der Waals surface area contributed by atoms with Crippen molar-refractivity contribution in [2.75, 3.05) is 7.11 Å². The normalized spacial score (nSPS) is 17.0. The maximum atomic E-state index is 12.2. The van der Waals surface area contributed by atoms with Crippen molar-refractivity contribution in [2.45, 2.75) is 0 Å². The number of amides is 1. The van der Waals surface area contributed by atoms with Gasteiger partial charge in [0.2, 0.25) is 0 Å². The van der Waals surface area contributed by atoms with Gasteiger partial charge in [-0.25, -0.2) is 15.0 Å². The van der Waals surface area contributed by atoms with Gasteiger partial charge in [-0.15, -0.1) is 0 Å². The zero-order chi connectivity index (χ0) is 17.9. The summed E-state index contributed by atoms with van der Waals surface area (Å²) >= 11 is 1.26. The molecule has 1 N–H and O–H groups in total. The Balaban J connectivity index is 1.65. The van der Waals surface area contributed by atoms with Crippen molar-refractivity contribution in [1.29, 1.82) is 0 Å². The Labute approximate surface area is 154 Å². The average molecular weight is 362 g/mol. The van der Waals surface area contributed by atoms with E-state index in [1.54, 1.807) is 25.4 Å². The fraction of sp³-hybridized carbons (Fsp3) is 0.0526. The molecule has 6 nitrogen and oxygen atoms in total. The number of hydrogen-bond acceptors (Lipinski definition) is 6. The summed E-state index contributed by atoms with van der Waals surface area (Å²) in [6.07, 6.45) is 3.40. The Morgan fingerprint density at radius 2 is 2.08 bits per heavy atom. The highest BCUT2D eigenvalue weighted by atomic mass is 32.2. The van der Waals surface area contributed by atoms with E-state index in [0.717, 1.165) is 10.9 Å². The van der Waals surface area contributed by atoms with Gasteiger partial charge in [-0.1, -0.05) is 24.3 Å². The van der Waals surface area contributed by atoms with Gasteiger partial charge in [-0.2, -0.15) is 0 Å². The van der Waals surface area contributed by atoms with Gasteiger partial charge in [0.05, 0.1) is 17.7 Å². The highest BCUT2D eigenvalue weighted by molar-refractivity contribution is 8.18. The van der Waals surface area contributed by atoms with Gasteiger partial charge in [-0.3, -0.25) is 4.79 Å². The number of hydrogen-bond donors (Lipinski definition) is 1. The first-order valence-electron chi connectivity index (χ1n) is 7.87. The lowest BCUT2D eigenvalue weighted by atomic mass is 10.2. The van der Waals surface area contributed by atoms with Crippen LogP contribution in [0, 0.1) is 0 Å². The van der Waals surface area contributed by atoms with E-state index >= 15 is 0 Å². The molecule has 1 aliphatic rings. The van der Waals surface area contributed by atoms with E-state index < -0.39 is 0 Å². The number of carbonyl (C=O) groups is 1. The second-order valence-corrected chi connectivity index (χ2v) is 6.47. The third kappa shape index (κ3) is 3.29. The van der Waals surface area contributed by atoms with Crippen LogP contribution in [0.25, 0.3) is 17.0 Å². The van der Waals surface area contributed by atoms with Gasteiger partial charge in [0.15, 0.2) is 11.0 Å². The largest absolute Gasteiger partial charge is 0.494 e. The van der Waals surface area contributed by atoms with Gasteiger partial charge < -0.3 is 10.1 Å². The summed E-state index contributed by atoms with van der Waals surface area (Å²) in [5.41, 5.74) is 1.44. The van der Waals surface area contributed by atoms with E-state index in [0.29, 0.717) is 27.3 Å². The topological polar surface area (TPSA) is 76.5 Å². The van der Waals surface area contributed by atoms with Crippen molar-refractivity contribution in [3.8, 4) is 5.75 Å². The summed E-state index contributed by atoms with van der Waals surface area (Å²) in [6, 6.07) is 15.0. The molecule has 2 aromatic heterocycles. The van der Waals surface area contributed by atoms with E-state index in [2.05, 4.69) is 20.3 Å². The van der Waals surface area contributed by atoms with Crippen LogP contribution in [-0.2, 0) is 4.79 Å². The lowest BCUT2D eigenvalue weighted by molar-refractivity contribution is -0.115. The van der Waals surface area contributed by atoms with Crippen molar-refractivity contribution in [2.24, 2.45) is 4.99 Å². The molecule has 0 aliphatic carbocycles. The molecule has 7 heteroatoms. The third-order valence-electron chi connectivity index (χ3n) is 3.72. The molecule has 0 atom stereocenters. The highest BCUT2D eigenvalue weighted by Crippen LogP contribution is 2.29. The van der Waals surface area contributed by atoms with Crippen LogP contribution < -0.4 is 10.1 Å². The summed E-state index contributed by atoms with van der Waals surface area (Å²) in [4.78, 5) is 25.8. The zero-order valence-electron chi connectivity index (χ0n) is 13.8. The van der Waals surface area contributed by atoms with Gasteiger partial charge >= 0.3 is 0 Å². The number of aliphatic imine (C=N–C) groups is 1. The van der Waals surface area contributed by atoms with E-state index in [1.165, 1.54) is 11.8 Å². The average Bonchev–Trinajstić information content (AvgIpc) is 3.01. The predicted octanol–water partition coefficient (Wildman–Crippen LogP) is 3.53. The standard InChI is InChI=1S/C19H14N4O2S/c1-25-14-6-4-5-12-8-9-13(21-17(12)14)11-15-18(24)23-19(26-15)22-16-7-2-3-10-20-16/h2-11H,1H3,(H,20,22,23,24)/b15-11-. The molecule has 0 radical (unpaired) electrons. The first-order valence-corrected chi connectivity index (χ1v) is 8.69. The zero-order valence-corrected chi connectivity index (χ0v) is 14.7. The van der Waals surface area contributed by atoms with Crippen LogP contribution in [0.1, 0.15) is 5.69 Å². The number of pyridine rings is 2. The second-order valence-electron chi connectivity index (χ2n) is 5.44. The van der Waals surface area contributed by atoms with E-state index in [9.17, 15) is 4.79 Å². The third-order valence-corrected chi connectivity index (χ3v) is 4.63. The number of amidine groups is 1. The van der Waals surface area contributed by atoms with Crippen LogP contribution in [0.3, 0.4) is 0 Å². The van der Waals surface area contributed by atoms with Crippen molar-refractivity contribution in [3.05, 3.63) is 65.3 Å². The quantitative estimate of drug-likeness (QED) is 0.721. The van der Waals surface area contributed by atoms with Crippen LogP contribution in [0.5, 0.6) is 5.75 Å². The van der Waals surface area contributed by atoms with Gasteiger partial charge in [-0.05, 0) is 42.1 Å². The molecule has 0 spiro atoms. The number of benzene rings is 1.